The first-order valence-electron chi connectivity index (χ1n) is 15.3. The van der Waals surface area contributed by atoms with Gasteiger partial charge in [-0.2, -0.15) is 0 Å². The summed E-state index contributed by atoms with van der Waals surface area (Å²) in [6, 6.07) is 16.3. The lowest BCUT2D eigenvalue weighted by molar-refractivity contribution is -0.139. The summed E-state index contributed by atoms with van der Waals surface area (Å²) in [7, 11) is 1.55. The molecule has 6 rings (SSSR count). The lowest BCUT2D eigenvalue weighted by atomic mass is 9.95. The number of hydrogen-bond donors (Lipinski definition) is 0. The summed E-state index contributed by atoms with van der Waals surface area (Å²) in [6.07, 6.45) is 1.91. The monoisotopic (exact) mass is 767 g/mol. The van der Waals surface area contributed by atoms with Crippen molar-refractivity contribution in [1.29, 1.82) is 0 Å². The van der Waals surface area contributed by atoms with E-state index in [1.165, 1.54) is 11.3 Å². The Bertz CT molecular complexity index is 2310. The predicted molar refractivity (Wildman–Crippen MR) is 195 cm³/mol. The molecule has 248 valence electrons. The Hall–Kier alpha value is -3.83. The Kier molecular flexibility index (Phi) is 9.90. The van der Waals surface area contributed by atoms with Gasteiger partial charge in [-0.15, -0.1) is 0 Å². The Balaban J connectivity index is 1.57. The number of hydrogen-bond acceptors (Lipinski definition) is 7. The van der Waals surface area contributed by atoms with Crippen molar-refractivity contribution in [3.63, 3.8) is 0 Å². The maximum atomic E-state index is 14.5. The topological polar surface area (TPSA) is 84.1 Å². The van der Waals surface area contributed by atoms with Gasteiger partial charge in [0.15, 0.2) is 16.3 Å². The molecular weight excluding hydrogens is 737 g/mol. The first kappa shape index (κ1) is 34.0. The van der Waals surface area contributed by atoms with Gasteiger partial charge in [0.2, 0.25) is 0 Å². The lowest BCUT2D eigenvalue weighted by Gasteiger charge is -2.26. The number of carbonyl (C=O) groups excluding carboxylic acids is 1. The third-order valence-corrected chi connectivity index (χ3v) is 10.5. The SMILES string of the molecule is CCOC(=O)C1=C(C)N=c2s/c(=C/c3c(C)n(Cc4ccc(Cl)cc4Cl)c4ccccc34)c(=O)n2[C@H]1c1cc(OC)c(OCC)cc1Br. The number of esters is 1. The minimum atomic E-state index is -0.837. The molecule has 0 unspecified atom stereocenters. The number of halogens is 3. The zero-order valence-corrected chi connectivity index (χ0v) is 30.8. The van der Waals surface area contributed by atoms with Crippen molar-refractivity contribution in [2.45, 2.75) is 40.3 Å². The standard InChI is InChI=1S/C36H32BrCl2N3O5S/c1-6-46-30-17-26(37)25(15-29(30)45-5)33-32(35(44)47-7-2)19(3)40-36-42(33)34(43)31(48-36)16-24-20(4)41(28-11-9-8-10-23(24)28)18-21-12-13-22(38)14-27(21)39/h8-17,33H,6-7,18H2,1-5H3/b31-16+/t33-/m0/s1. The van der Waals surface area contributed by atoms with E-state index >= 15 is 0 Å². The van der Waals surface area contributed by atoms with Crippen LogP contribution in [0.25, 0.3) is 17.0 Å². The Morgan fingerprint density at radius 3 is 2.54 bits per heavy atom. The largest absolute Gasteiger partial charge is 0.493 e. The smallest absolute Gasteiger partial charge is 0.338 e. The van der Waals surface area contributed by atoms with E-state index in [2.05, 4.69) is 26.6 Å². The summed E-state index contributed by atoms with van der Waals surface area (Å²) in [6.45, 7) is 8.55. The second-order valence-corrected chi connectivity index (χ2v) is 13.8. The highest BCUT2D eigenvalue weighted by Crippen LogP contribution is 2.41. The first-order valence-corrected chi connectivity index (χ1v) is 17.7. The van der Waals surface area contributed by atoms with Gasteiger partial charge in [-0.05, 0) is 75.2 Å². The van der Waals surface area contributed by atoms with Gasteiger partial charge in [-0.25, -0.2) is 9.79 Å². The number of fused-ring (bicyclic) bond motifs is 2. The van der Waals surface area contributed by atoms with E-state index in [4.69, 9.17) is 42.4 Å². The zero-order valence-electron chi connectivity index (χ0n) is 26.9. The highest BCUT2D eigenvalue weighted by Gasteiger charge is 2.35. The summed E-state index contributed by atoms with van der Waals surface area (Å²) in [5.74, 6) is 0.463. The van der Waals surface area contributed by atoms with E-state index in [-0.39, 0.29) is 17.7 Å². The van der Waals surface area contributed by atoms with Crippen molar-refractivity contribution in [3.05, 3.63) is 122 Å². The quantitative estimate of drug-likeness (QED) is 0.145. The van der Waals surface area contributed by atoms with Gasteiger partial charge in [-0.3, -0.25) is 9.36 Å². The molecule has 1 atom stereocenters. The van der Waals surface area contributed by atoms with Crippen molar-refractivity contribution < 1.29 is 19.0 Å². The van der Waals surface area contributed by atoms with Crippen LogP contribution in [-0.4, -0.2) is 35.4 Å². The van der Waals surface area contributed by atoms with Crippen LogP contribution >= 0.6 is 50.5 Å². The van der Waals surface area contributed by atoms with E-state index in [1.807, 2.05) is 50.3 Å². The number of para-hydroxylation sites is 1. The lowest BCUT2D eigenvalue weighted by Crippen LogP contribution is -2.40. The van der Waals surface area contributed by atoms with Crippen molar-refractivity contribution >= 4 is 73.4 Å². The molecule has 0 bridgehead atoms. The summed E-state index contributed by atoms with van der Waals surface area (Å²) in [4.78, 5) is 33.2. The Labute approximate surface area is 299 Å². The third-order valence-electron chi connectivity index (χ3n) is 8.29. The van der Waals surface area contributed by atoms with Gasteiger partial charge in [0.1, 0.15) is 0 Å². The van der Waals surface area contributed by atoms with Crippen molar-refractivity contribution in [2.75, 3.05) is 20.3 Å². The van der Waals surface area contributed by atoms with Crippen molar-refractivity contribution in [2.24, 2.45) is 4.99 Å². The Morgan fingerprint density at radius 2 is 1.83 bits per heavy atom. The number of aromatic nitrogens is 2. The van der Waals surface area contributed by atoms with E-state index in [0.29, 0.717) is 59.8 Å². The summed E-state index contributed by atoms with van der Waals surface area (Å²) < 4.78 is 21.8. The van der Waals surface area contributed by atoms with Crippen LogP contribution in [0.15, 0.2) is 80.1 Å². The van der Waals surface area contributed by atoms with Gasteiger partial charge in [0.05, 0.1) is 42.2 Å². The normalized spacial score (nSPS) is 14.7. The highest BCUT2D eigenvalue weighted by atomic mass is 79.9. The highest BCUT2D eigenvalue weighted by molar-refractivity contribution is 9.10. The number of carbonyl (C=O) groups is 1. The fourth-order valence-electron chi connectivity index (χ4n) is 6.07. The second kappa shape index (κ2) is 14.0. The number of benzene rings is 3. The van der Waals surface area contributed by atoms with Crippen LogP contribution in [0.3, 0.4) is 0 Å². The number of methoxy groups -OCH3 is 1. The molecule has 0 spiro atoms. The summed E-state index contributed by atoms with van der Waals surface area (Å²) in [5.41, 5.74) is 4.89. The molecule has 1 aliphatic heterocycles. The zero-order chi connectivity index (χ0) is 34.3. The minimum absolute atomic E-state index is 0.172. The molecule has 1 aliphatic rings. The van der Waals surface area contributed by atoms with Gasteiger partial charge < -0.3 is 18.8 Å². The molecule has 3 heterocycles. The molecule has 0 N–H and O–H groups in total. The number of allylic oxidation sites excluding steroid dienone is 1. The first-order chi connectivity index (χ1) is 23.1. The molecule has 0 amide bonds. The fourth-order valence-corrected chi connectivity index (χ4v) is 8.10. The van der Waals surface area contributed by atoms with Crippen LogP contribution in [0.1, 0.15) is 49.2 Å². The number of nitrogens with zero attached hydrogens (tertiary/aromatic N) is 3. The van der Waals surface area contributed by atoms with Gasteiger partial charge in [0, 0.05) is 43.2 Å². The van der Waals surface area contributed by atoms with E-state index < -0.39 is 12.0 Å². The van der Waals surface area contributed by atoms with Crippen LogP contribution in [0.2, 0.25) is 10.0 Å². The third kappa shape index (κ3) is 6.11. The van der Waals surface area contributed by atoms with E-state index in [0.717, 1.165) is 27.7 Å². The summed E-state index contributed by atoms with van der Waals surface area (Å²) in [5, 5.41) is 2.15. The molecule has 48 heavy (non-hydrogen) atoms. The Morgan fingerprint density at radius 1 is 1.06 bits per heavy atom. The van der Waals surface area contributed by atoms with Crippen molar-refractivity contribution in [3.8, 4) is 11.5 Å². The van der Waals surface area contributed by atoms with Gasteiger partial charge >= 0.3 is 5.97 Å². The maximum Gasteiger partial charge on any atom is 0.338 e. The van der Waals surface area contributed by atoms with Crippen LogP contribution in [0.5, 0.6) is 11.5 Å². The van der Waals surface area contributed by atoms with E-state index in [1.54, 1.807) is 43.7 Å². The average molecular weight is 770 g/mol. The number of thiazole rings is 1. The molecule has 0 aliphatic carbocycles. The predicted octanol–water partition coefficient (Wildman–Crippen LogP) is 7.59. The molecule has 8 nitrogen and oxygen atoms in total. The van der Waals surface area contributed by atoms with Crippen LogP contribution < -0.4 is 24.4 Å². The minimum Gasteiger partial charge on any atom is -0.493 e. The number of rotatable bonds is 9. The molecule has 2 aromatic heterocycles. The van der Waals surface area contributed by atoms with Gasteiger partial charge in [-0.1, -0.05) is 74.7 Å². The second-order valence-electron chi connectivity index (χ2n) is 11.1. The molecule has 0 fully saturated rings. The maximum absolute atomic E-state index is 14.5. The molecule has 12 heteroatoms. The molecule has 3 aromatic carbocycles. The molecule has 0 saturated heterocycles. The molecule has 5 aromatic rings. The van der Waals surface area contributed by atoms with Crippen LogP contribution in [0, 0.1) is 6.92 Å². The molecule has 0 radical (unpaired) electrons. The summed E-state index contributed by atoms with van der Waals surface area (Å²) >= 11 is 17.7. The van der Waals surface area contributed by atoms with Gasteiger partial charge in [0.25, 0.3) is 5.56 Å². The average Bonchev–Trinajstić information content (AvgIpc) is 3.50. The number of ether oxygens (including phenoxy) is 3. The van der Waals surface area contributed by atoms with Crippen molar-refractivity contribution in [1.82, 2.24) is 9.13 Å². The molecule has 0 saturated carbocycles. The van der Waals surface area contributed by atoms with E-state index in [9.17, 15) is 9.59 Å². The van der Waals surface area contributed by atoms with Crippen LogP contribution in [-0.2, 0) is 16.1 Å². The molecular formula is C36H32BrCl2N3O5S. The van der Waals surface area contributed by atoms with Crippen LogP contribution in [0.4, 0.5) is 0 Å². The fraction of sp³-hybridized carbons (Fsp3) is 0.250.